The summed E-state index contributed by atoms with van der Waals surface area (Å²) < 4.78 is 38.5. The Hall–Kier alpha value is -3.81. The molecule has 4 rings (SSSR count). The lowest BCUT2D eigenvalue weighted by Crippen LogP contribution is -2.49. The zero-order valence-electron chi connectivity index (χ0n) is 17.0. The minimum absolute atomic E-state index is 0.205. The van der Waals surface area contributed by atoms with E-state index in [2.05, 4.69) is 21.2 Å². The number of rotatable bonds is 3. The number of pyridine rings is 2. The van der Waals surface area contributed by atoms with Gasteiger partial charge in [-0.3, -0.25) is 15.0 Å². The van der Waals surface area contributed by atoms with E-state index in [0.29, 0.717) is 30.8 Å². The van der Waals surface area contributed by atoms with Crippen LogP contribution in [0.2, 0.25) is 0 Å². The van der Waals surface area contributed by atoms with Crippen molar-refractivity contribution in [3.05, 3.63) is 41.7 Å². The second kappa shape index (κ2) is 8.03. The van der Waals surface area contributed by atoms with Crippen molar-refractivity contribution in [1.82, 2.24) is 15.3 Å². The van der Waals surface area contributed by atoms with Crippen LogP contribution in [-0.2, 0) is 0 Å². The van der Waals surface area contributed by atoms with Crippen LogP contribution in [0.1, 0.15) is 29.4 Å². The van der Waals surface area contributed by atoms with Gasteiger partial charge in [-0.25, -0.2) is 14.8 Å². The summed E-state index contributed by atoms with van der Waals surface area (Å²) in [6, 6.07) is 3.33. The Bertz CT molecular complexity index is 1110. The lowest BCUT2D eigenvalue weighted by molar-refractivity contribution is -0.149. The van der Waals surface area contributed by atoms with Gasteiger partial charge in [0.15, 0.2) is 5.82 Å². The van der Waals surface area contributed by atoms with Crippen LogP contribution in [0.4, 0.5) is 35.3 Å². The van der Waals surface area contributed by atoms with Gasteiger partial charge in [0.25, 0.3) is 5.91 Å². The smallest absolute Gasteiger partial charge is 0.366 e. The second-order valence-corrected chi connectivity index (χ2v) is 7.54. The highest BCUT2D eigenvalue weighted by molar-refractivity contribution is 6.05. The quantitative estimate of drug-likeness (QED) is 0.711. The van der Waals surface area contributed by atoms with Gasteiger partial charge in [0.05, 0.1) is 11.7 Å². The van der Waals surface area contributed by atoms with Gasteiger partial charge in [-0.1, -0.05) is 5.92 Å². The van der Waals surface area contributed by atoms with E-state index in [1.807, 2.05) is 10.2 Å². The number of hydrogen-bond acceptors (Lipinski definition) is 5. The molecule has 2 atom stereocenters. The van der Waals surface area contributed by atoms with Crippen molar-refractivity contribution in [1.29, 1.82) is 0 Å². The lowest BCUT2D eigenvalue weighted by atomic mass is 10.1. The Kier molecular flexibility index (Phi) is 5.38. The summed E-state index contributed by atoms with van der Waals surface area (Å²) in [6.45, 7) is 2.11. The number of urea groups is 1. The number of fused-ring (bicyclic) bond motifs is 4. The van der Waals surface area contributed by atoms with Crippen LogP contribution in [0.3, 0.4) is 0 Å². The topological polar surface area (TPSA) is 90.5 Å². The SMILES string of the molecule is C#Cc1ccnc(NC(=O)N2c3nc(C(=O)NC(C)C(F)(F)F)ccc3N3CC[C@H]2C3)c1. The van der Waals surface area contributed by atoms with Crippen LogP contribution in [0, 0.1) is 12.3 Å². The van der Waals surface area contributed by atoms with Crippen molar-refractivity contribution in [3.8, 4) is 12.3 Å². The number of nitrogens with zero attached hydrogens (tertiary/aromatic N) is 4. The second-order valence-electron chi connectivity index (χ2n) is 7.54. The van der Waals surface area contributed by atoms with Crippen molar-refractivity contribution in [2.24, 2.45) is 0 Å². The Morgan fingerprint density at radius 3 is 2.81 bits per heavy atom. The van der Waals surface area contributed by atoms with Crippen LogP contribution in [0.5, 0.6) is 0 Å². The van der Waals surface area contributed by atoms with Gasteiger partial charge >= 0.3 is 12.2 Å². The Morgan fingerprint density at radius 1 is 1.31 bits per heavy atom. The fourth-order valence-corrected chi connectivity index (χ4v) is 3.71. The average Bonchev–Trinajstić information content (AvgIpc) is 3.17. The van der Waals surface area contributed by atoms with Crippen LogP contribution in [0.25, 0.3) is 0 Å². The minimum atomic E-state index is -4.58. The molecule has 1 unspecified atom stereocenters. The first-order valence-electron chi connectivity index (χ1n) is 9.84. The molecule has 0 radical (unpaired) electrons. The van der Waals surface area contributed by atoms with Gasteiger partial charge in [0, 0.05) is 24.8 Å². The van der Waals surface area contributed by atoms with E-state index in [1.54, 1.807) is 18.2 Å². The maximum absolute atomic E-state index is 13.1. The highest BCUT2D eigenvalue weighted by Gasteiger charge is 2.41. The molecule has 2 aromatic heterocycles. The molecule has 2 aromatic rings. The molecular formula is C21H19F3N6O2. The van der Waals surface area contributed by atoms with E-state index in [0.717, 1.165) is 6.92 Å². The van der Waals surface area contributed by atoms with Gasteiger partial charge in [-0.2, -0.15) is 13.2 Å². The molecule has 2 N–H and O–H groups in total. The third-order valence-electron chi connectivity index (χ3n) is 5.40. The molecule has 11 heteroatoms. The molecule has 0 saturated carbocycles. The first-order chi connectivity index (χ1) is 15.2. The number of anilines is 3. The van der Waals surface area contributed by atoms with E-state index in [4.69, 9.17) is 6.42 Å². The zero-order chi connectivity index (χ0) is 23.0. The standard InChI is InChI=1S/C21H19F3N6O2/c1-3-13-6-8-25-17(10-13)28-20(32)30-14-7-9-29(11-14)16-5-4-15(27-18(16)30)19(31)26-12(2)21(22,23)24/h1,4-6,8,10,12,14H,7,9,11H2,2H3,(H,26,31)(H,25,28,32)/t12?,14-/m0/s1. The monoisotopic (exact) mass is 444 g/mol. The molecule has 3 amide bonds. The van der Waals surface area contributed by atoms with Gasteiger partial charge < -0.3 is 10.2 Å². The predicted octanol–water partition coefficient (Wildman–Crippen LogP) is 2.77. The van der Waals surface area contributed by atoms with E-state index < -0.39 is 24.2 Å². The summed E-state index contributed by atoms with van der Waals surface area (Å²) in [4.78, 5) is 37.3. The average molecular weight is 444 g/mol. The molecule has 2 bridgehead atoms. The molecule has 8 nitrogen and oxygen atoms in total. The summed E-state index contributed by atoms with van der Waals surface area (Å²) in [5, 5.41) is 4.57. The molecule has 1 saturated heterocycles. The molecule has 32 heavy (non-hydrogen) atoms. The fraction of sp³-hybridized carbons (Fsp3) is 0.333. The van der Waals surface area contributed by atoms with E-state index in [9.17, 15) is 22.8 Å². The van der Waals surface area contributed by atoms with Gasteiger partial charge in [-0.05, 0) is 37.6 Å². The van der Waals surface area contributed by atoms with Gasteiger partial charge in [0.1, 0.15) is 17.6 Å². The van der Waals surface area contributed by atoms with Gasteiger partial charge in [0.2, 0.25) is 0 Å². The molecular weight excluding hydrogens is 425 g/mol. The van der Waals surface area contributed by atoms with Crippen molar-refractivity contribution in [2.45, 2.75) is 31.6 Å². The number of aromatic nitrogens is 2. The summed E-state index contributed by atoms with van der Waals surface area (Å²) in [6.07, 6.45) is 2.95. The van der Waals surface area contributed by atoms with Crippen LogP contribution >= 0.6 is 0 Å². The molecule has 2 aliphatic rings. The summed E-state index contributed by atoms with van der Waals surface area (Å²) in [5.74, 6) is 1.94. The molecule has 0 aliphatic carbocycles. The number of terminal acetylenes is 1. The van der Waals surface area contributed by atoms with Crippen LogP contribution < -0.4 is 20.4 Å². The van der Waals surface area contributed by atoms with Crippen molar-refractivity contribution < 1.29 is 22.8 Å². The normalized spacial score (nSPS) is 17.9. The summed E-state index contributed by atoms with van der Waals surface area (Å²) in [7, 11) is 0. The number of hydrogen-bond donors (Lipinski definition) is 2. The molecule has 0 aromatic carbocycles. The van der Waals surface area contributed by atoms with Crippen molar-refractivity contribution in [2.75, 3.05) is 28.2 Å². The number of nitrogens with one attached hydrogen (secondary N) is 2. The largest absolute Gasteiger partial charge is 0.408 e. The van der Waals surface area contributed by atoms with Crippen molar-refractivity contribution in [3.63, 3.8) is 0 Å². The summed E-state index contributed by atoms with van der Waals surface area (Å²) >= 11 is 0. The predicted molar refractivity (Wildman–Crippen MR) is 112 cm³/mol. The molecule has 2 aliphatic heterocycles. The third kappa shape index (κ3) is 4.03. The maximum Gasteiger partial charge on any atom is 0.408 e. The Morgan fingerprint density at radius 2 is 2.09 bits per heavy atom. The number of carbonyl (C=O) groups is 2. The van der Waals surface area contributed by atoms with E-state index in [1.165, 1.54) is 17.2 Å². The molecule has 166 valence electrons. The summed E-state index contributed by atoms with van der Waals surface area (Å²) in [5.41, 5.74) is 0.949. The zero-order valence-corrected chi connectivity index (χ0v) is 17.0. The maximum atomic E-state index is 13.1. The fourth-order valence-electron chi connectivity index (χ4n) is 3.71. The Balaban J connectivity index is 1.63. The highest BCUT2D eigenvalue weighted by atomic mass is 19.4. The number of amides is 3. The van der Waals surface area contributed by atoms with Crippen LogP contribution in [0.15, 0.2) is 30.5 Å². The first-order valence-corrected chi connectivity index (χ1v) is 9.84. The lowest BCUT2D eigenvalue weighted by Gasteiger charge is -2.35. The first kappa shape index (κ1) is 21.4. The molecule has 1 fully saturated rings. The Labute approximate surface area is 181 Å². The highest BCUT2D eigenvalue weighted by Crippen LogP contribution is 2.39. The number of halogens is 3. The van der Waals surface area contributed by atoms with E-state index in [-0.39, 0.29) is 23.4 Å². The minimum Gasteiger partial charge on any atom is -0.366 e. The molecule has 4 heterocycles. The number of alkyl halides is 3. The molecule has 0 spiro atoms. The van der Waals surface area contributed by atoms with Crippen molar-refractivity contribution >= 4 is 29.3 Å². The van der Waals surface area contributed by atoms with Crippen LogP contribution in [-0.4, -0.2) is 53.3 Å². The van der Waals surface area contributed by atoms with Gasteiger partial charge in [-0.15, -0.1) is 6.42 Å². The number of carbonyl (C=O) groups excluding carboxylic acids is 2. The van der Waals surface area contributed by atoms with E-state index >= 15 is 0 Å². The third-order valence-corrected chi connectivity index (χ3v) is 5.40.